The van der Waals surface area contributed by atoms with Crippen molar-refractivity contribution >= 4 is 5.65 Å². The third kappa shape index (κ3) is 2.82. The zero-order valence-electron chi connectivity index (χ0n) is 13.8. The van der Waals surface area contributed by atoms with Gasteiger partial charge in [-0.1, -0.05) is 13.8 Å². The van der Waals surface area contributed by atoms with Crippen LogP contribution < -0.4 is 5.32 Å². The molecule has 2 unspecified atom stereocenters. The van der Waals surface area contributed by atoms with E-state index in [0.29, 0.717) is 17.5 Å². The molecular formula is C17H26N4. The molecule has 1 aliphatic rings. The van der Waals surface area contributed by atoms with E-state index in [9.17, 15) is 0 Å². The molecule has 1 N–H and O–H groups in total. The van der Waals surface area contributed by atoms with Gasteiger partial charge < -0.3 is 5.32 Å². The van der Waals surface area contributed by atoms with Crippen molar-refractivity contribution in [3.63, 3.8) is 0 Å². The maximum atomic E-state index is 4.55. The van der Waals surface area contributed by atoms with Crippen molar-refractivity contribution in [2.45, 2.75) is 66.0 Å². The minimum atomic E-state index is 0.310. The second-order valence-corrected chi connectivity index (χ2v) is 7.35. The summed E-state index contributed by atoms with van der Waals surface area (Å²) in [6, 6.07) is 2.95. The van der Waals surface area contributed by atoms with Gasteiger partial charge in [0, 0.05) is 35.6 Å². The first-order valence-electron chi connectivity index (χ1n) is 7.94. The van der Waals surface area contributed by atoms with Gasteiger partial charge in [0.15, 0.2) is 5.65 Å². The third-order valence-electron chi connectivity index (χ3n) is 4.80. The molecule has 114 valence electrons. The average Bonchev–Trinajstić information content (AvgIpc) is 2.92. The number of hydrogen-bond acceptors (Lipinski definition) is 3. The minimum Gasteiger partial charge on any atom is -0.307 e. The van der Waals surface area contributed by atoms with Crippen LogP contribution in [-0.4, -0.2) is 20.6 Å². The quantitative estimate of drug-likeness (QED) is 0.938. The molecule has 1 saturated carbocycles. The molecule has 0 radical (unpaired) electrons. The summed E-state index contributed by atoms with van der Waals surface area (Å²) < 4.78 is 1.96. The normalized spacial score (nSPS) is 22.8. The van der Waals surface area contributed by atoms with E-state index in [1.54, 1.807) is 0 Å². The van der Waals surface area contributed by atoms with Gasteiger partial charge in [-0.05, 0) is 45.4 Å². The van der Waals surface area contributed by atoms with Crippen LogP contribution in [0.1, 0.15) is 63.0 Å². The van der Waals surface area contributed by atoms with E-state index in [-0.39, 0.29) is 0 Å². The summed E-state index contributed by atoms with van der Waals surface area (Å²) in [5, 5.41) is 8.32. The van der Waals surface area contributed by atoms with Gasteiger partial charge in [0.2, 0.25) is 0 Å². The van der Waals surface area contributed by atoms with Gasteiger partial charge in [0.25, 0.3) is 0 Å². The Morgan fingerprint density at radius 1 is 1.38 bits per heavy atom. The van der Waals surface area contributed by atoms with Crippen LogP contribution in [0, 0.1) is 19.3 Å². The lowest BCUT2D eigenvalue weighted by atomic mass is 9.91. The number of rotatable bonds is 3. The topological polar surface area (TPSA) is 42.2 Å². The Balaban J connectivity index is 1.81. The van der Waals surface area contributed by atoms with Crippen molar-refractivity contribution in [2.75, 3.05) is 0 Å². The lowest BCUT2D eigenvalue weighted by Crippen LogP contribution is -2.30. The molecule has 1 fully saturated rings. The Hall–Kier alpha value is -1.42. The molecule has 21 heavy (non-hydrogen) atoms. The first kappa shape index (κ1) is 14.5. The molecule has 1 aliphatic carbocycles. The molecular weight excluding hydrogens is 260 g/mol. The van der Waals surface area contributed by atoms with Crippen LogP contribution in [0.2, 0.25) is 0 Å². The highest BCUT2D eigenvalue weighted by molar-refractivity contribution is 5.42. The molecule has 2 aromatic heterocycles. The minimum absolute atomic E-state index is 0.310. The Kier molecular flexibility index (Phi) is 3.52. The van der Waals surface area contributed by atoms with Crippen molar-refractivity contribution < 1.29 is 0 Å². The van der Waals surface area contributed by atoms with E-state index < -0.39 is 0 Å². The third-order valence-corrected chi connectivity index (χ3v) is 4.80. The van der Waals surface area contributed by atoms with E-state index in [1.807, 2.05) is 23.7 Å². The maximum Gasteiger partial charge on any atom is 0.155 e. The standard InChI is InChI=1S/C17H26N4/c1-11-8-16-18-10-15(13(3)21(16)20-11)12(2)19-14-6-7-17(4,5)9-14/h8,10,12,14,19H,6-7,9H2,1-5H3. The fourth-order valence-corrected chi connectivity index (χ4v) is 3.62. The number of aryl methyl sites for hydroxylation is 2. The van der Waals surface area contributed by atoms with E-state index in [0.717, 1.165) is 11.3 Å². The predicted molar refractivity (Wildman–Crippen MR) is 85.4 cm³/mol. The second kappa shape index (κ2) is 5.09. The van der Waals surface area contributed by atoms with Crippen LogP contribution in [0.25, 0.3) is 5.65 Å². The zero-order valence-corrected chi connectivity index (χ0v) is 13.8. The summed E-state index contributed by atoms with van der Waals surface area (Å²) in [6.45, 7) is 11.1. The Bertz CT molecular complexity index is 656. The average molecular weight is 286 g/mol. The smallest absolute Gasteiger partial charge is 0.155 e. The molecule has 3 rings (SSSR count). The first-order chi connectivity index (χ1) is 9.85. The molecule has 0 bridgehead atoms. The summed E-state index contributed by atoms with van der Waals surface area (Å²) in [6.07, 6.45) is 5.84. The highest BCUT2D eigenvalue weighted by Gasteiger charge is 2.31. The van der Waals surface area contributed by atoms with Crippen molar-refractivity contribution in [1.29, 1.82) is 0 Å². The van der Waals surface area contributed by atoms with Crippen molar-refractivity contribution in [3.8, 4) is 0 Å². The van der Waals surface area contributed by atoms with E-state index >= 15 is 0 Å². The number of hydrogen-bond donors (Lipinski definition) is 1. The van der Waals surface area contributed by atoms with Gasteiger partial charge in [0.1, 0.15) is 0 Å². The van der Waals surface area contributed by atoms with Crippen molar-refractivity contribution in [1.82, 2.24) is 19.9 Å². The molecule has 0 spiro atoms. The van der Waals surface area contributed by atoms with Crippen LogP contribution in [0.4, 0.5) is 0 Å². The summed E-state index contributed by atoms with van der Waals surface area (Å²) in [5.74, 6) is 0. The molecule has 2 aromatic rings. The van der Waals surface area contributed by atoms with E-state index in [2.05, 4.69) is 43.1 Å². The molecule has 0 saturated heterocycles. The molecule has 0 aromatic carbocycles. The predicted octanol–water partition coefficient (Wildman–Crippen LogP) is 3.58. The Morgan fingerprint density at radius 2 is 2.14 bits per heavy atom. The fourth-order valence-electron chi connectivity index (χ4n) is 3.62. The number of aromatic nitrogens is 3. The van der Waals surface area contributed by atoms with Crippen LogP contribution >= 0.6 is 0 Å². The summed E-state index contributed by atoms with van der Waals surface area (Å²) in [5.41, 5.74) is 4.86. The SMILES string of the molecule is Cc1cc2ncc(C(C)NC3CCC(C)(C)C3)c(C)n2n1. The highest BCUT2D eigenvalue weighted by Crippen LogP contribution is 2.37. The van der Waals surface area contributed by atoms with E-state index in [1.165, 1.54) is 30.5 Å². The Morgan fingerprint density at radius 3 is 2.81 bits per heavy atom. The summed E-state index contributed by atoms with van der Waals surface area (Å²) >= 11 is 0. The molecule has 4 heteroatoms. The number of nitrogens with zero attached hydrogens (tertiary/aromatic N) is 3. The molecule has 2 heterocycles. The molecule has 2 atom stereocenters. The fraction of sp³-hybridized carbons (Fsp3) is 0.647. The largest absolute Gasteiger partial charge is 0.307 e. The van der Waals surface area contributed by atoms with E-state index in [4.69, 9.17) is 0 Å². The monoisotopic (exact) mass is 286 g/mol. The van der Waals surface area contributed by atoms with Gasteiger partial charge in [0.05, 0.1) is 5.69 Å². The van der Waals surface area contributed by atoms with Crippen LogP contribution in [0.15, 0.2) is 12.3 Å². The van der Waals surface area contributed by atoms with Gasteiger partial charge in [-0.25, -0.2) is 9.50 Å². The lowest BCUT2D eigenvalue weighted by molar-refractivity contribution is 0.356. The van der Waals surface area contributed by atoms with Crippen LogP contribution in [0.3, 0.4) is 0 Å². The highest BCUT2D eigenvalue weighted by atomic mass is 15.3. The van der Waals surface area contributed by atoms with Crippen LogP contribution in [0.5, 0.6) is 0 Å². The second-order valence-electron chi connectivity index (χ2n) is 7.35. The van der Waals surface area contributed by atoms with Gasteiger partial charge in [-0.15, -0.1) is 0 Å². The number of nitrogens with one attached hydrogen (secondary N) is 1. The number of fused-ring (bicyclic) bond motifs is 1. The molecule has 0 aliphatic heterocycles. The van der Waals surface area contributed by atoms with Gasteiger partial charge in [-0.2, -0.15) is 5.10 Å². The van der Waals surface area contributed by atoms with Crippen molar-refractivity contribution in [3.05, 3.63) is 29.2 Å². The zero-order chi connectivity index (χ0) is 15.2. The first-order valence-corrected chi connectivity index (χ1v) is 7.94. The Labute approximate surface area is 127 Å². The molecule has 4 nitrogen and oxygen atoms in total. The molecule has 0 amide bonds. The maximum absolute atomic E-state index is 4.55. The summed E-state index contributed by atoms with van der Waals surface area (Å²) in [7, 11) is 0. The lowest BCUT2D eigenvalue weighted by Gasteiger charge is -2.23. The summed E-state index contributed by atoms with van der Waals surface area (Å²) in [4.78, 5) is 4.55. The van der Waals surface area contributed by atoms with Gasteiger partial charge in [-0.3, -0.25) is 0 Å². The van der Waals surface area contributed by atoms with Gasteiger partial charge >= 0.3 is 0 Å². The van der Waals surface area contributed by atoms with Crippen molar-refractivity contribution in [2.24, 2.45) is 5.41 Å². The van der Waals surface area contributed by atoms with Crippen LogP contribution in [-0.2, 0) is 0 Å².